The average Bonchev–Trinajstić information content (AvgIpc) is 3.41. The fourth-order valence-electron chi connectivity index (χ4n) is 5.05. The van der Waals surface area contributed by atoms with E-state index < -0.39 is 5.60 Å². The number of benzene rings is 3. The van der Waals surface area contributed by atoms with Crippen LogP contribution in [0.3, 0.4) is 0 Å². The van der Waals surface area contributed by atoms with Gasteiger partial charge in [0.1, 0.15) is 11.4 Å². The van der Waals surface area contributed by atoms with Gasteiger partial charge in [-0.2, -0.15) is 5.10 Å². The Labute approximate surface area is 229 Å². The summed E-state index contributed by atoms with van der Waals surface area (Å²) in [5.74, 6) is -0.299. The zero-order valence-electron chi connectivity index (χ0n) is 22.7. The van der Waals surface area contributed by atoms with Crippen molar-refractivity contribution >= 4 is 6.09 Å². The van der Waals surface area contributed by atoms with Crippen LogP contribution in [0.2, 0.25) is 0 Å². The minimum atomic E-state index is -0.520. The normalized spacial score (nSPS) is 15.2. The minimum absolute atomic E-state index is 0.158. The van der Waals surface area contributed by atoms with Gasteiger partial charge >= 0.3 is 6.09 Å². The van der Waals surface area contributed by atoms with Crippen LogP contribution in [0, 0.1) is 5.82 Å². The quantitative estimate of drug-likeness (QED) is 0.285. The first-order valence-corrected chi connectivity index (χ1v) is 13.5. The van der Waals surface area contributed by atoms with E-state index in [1.54, 1.807) is 23.2 Å². The molecule has 2 heterocycles. The molecule has 0 radical (unpaired) electrons. The van der Waals surface area contributed by atoms with E-state index >= 15 is 0 Å². The van der Waals surface area contributed by atoms with Crippen molar-refractivity contribution in [3.05, 3.63) is 102 Å². The molecule has 0 aliphatic carbocycles. The number of aromatic amines is 1. The summed E-state index contributed by atoms with van der Waals surface area (Å²) in [4.78, 5) is 14.3. The number of ether oxygens (including phenoxy) is 1. The van der Waals surface area contributed by atoms with E-state index in [0.29, 0.717) is 24.3 Å². The van der Waals surface area contributed by atoms with Crippen molar-refractivity contribution in [2.75, 3.05) is 13.1 Å². The van der Waals surface area contributed by atoms with Crippen molar-refractivity contribution in [3.8, 4) is 22.4 Å². The molecule has 5 rings (SSSR count). The lowest BCUT2D eigenvalue weighted by atomic mass is 9.92. The SMILES string of the molecule is CC(C)(C)OC(=O)N1CCC(NC(c2ccc(-c3ccccc3)cc2)c2cn[nH]c2-c2ccccc2F)CC1. The number of piperidine rings is 1. The smallest absolute Gasteiger partial charge is 0.410 e. The number of halogens is 1. The summed E-state index contributed by atoms with van der Waals surface area (Å²) < 4.78 is 20.4. The van der Waals surface area contributed by atoms with E-state index in [2.05, 4.69) is 51.9 Å². The highest BCUT2D eigenvalue weighted by molar-refractivity contribution is 5.68. The second-order valence-corrected chi connectivity index (χ2v) is 11.0. The molecule has 1 fully saturated rings. The zero-order valence-corrected chi connectivity index (χ0v) is 22.7. The third-order valence-electron chi connectivity index (χ3n) is 7.02. The van der Waals surface area contributed by atoms with Crippen LogP contribution in [-0.2, 0) is 4.74 Å². The minimum Gasteiger partial charge on any atom is -0.444 e. The molecule has 6 nitrogen and oxygen atoms in total. The highest BCUT2D eigenvalue weighted by Crippen LogP contribution is 2.34. The molecular weight excluding hydrogens is 491 g/mol. The molecule has 1 aliphatic heterocycles. The lowest BCUT2D eigenvalue weighted by Gasteiger charge is -2.35. The Kier molecular flexibility index (Phi) is 7.79. The first-order chi connectivity index (χ1) is 18.8. The van der Waals surface area contributed by atoms with Gasteiger partial charge in [-0.3, -0.25) is 5.10 Å². The summed E-state index contributed by atoms with van der Waals surface area (Å²) >= 11 is 0. The van der Waals surface area contributed by atoms with Gasteiger partial charge in [0.15, 0.2) is 0 Å². The number of rotatable bonds is 6. The molecule has 1 aromatic heterocycles. The van der Waals surface area contributed by atoms with Crippen LogP contribution in [-0.4, -0.2) is 45.9 Å². The van der Waals surface area contributed by atoms with E-state index in [0.717, 1.165) is 35.1 Å². The number of amides is 1. The topological polar surface area (TPSA) is 70.2 Å². The molecular formula is C32H35FN4O2. The monoisotopic (exact) mass is 526 g/mol. The highest BCUT2D eigenvalue weighted by atomic mass is 19.1. The van der Waals surface area contributed by atoms with Gasteiger partial charge < -0.3 is 15.0 Å². The first-order valence-electron chi connectivity index (χ1n) is 13.5. The summed E-state index contributed by atoms with van der Waals surface area (Å²) in [6, 6.07) is 25.4. The Hall–Kier alpha value is -3.97. The third kappa shape index (κ3) is 6.37. The number of hydrogen-bond donors (Lipinski definition) is 2. The van der Waals surface area contributed by atoms with Crippen molar-refractivity contribution in [1.29, 1.82) is 0 Å². The van der Waals surface area contributed by atoms with Crippen LogP contribution < -0.4 is 5.32 Å². The Morgan fingerprint density at radius 3 is 2.28 bits per heavy atom. The van der Waals surface area contributed by atoms with E-state index in [-0.39, 0.29) is 24.0 Å². The number of hydrogen-bond acceptors (Lipinski definition) is 4. The maximum Gasteiger partial charge on any atom is 0.410 e. The molecule has 1 aliphatic rings. The van der Waals surface area contributed by atoms with Crippen molar-refractivity contribution < 1.29 is 13.9 Å². The molecule has 2 N–H and O–H groups in total. The van der Waals surface area contributed by atoms with E-state index in [1.807, 2.05) is 45.0 Å². The van der Waals surface area contributed by atoms with Gasteiger partial charge in [0.05, 0.1) is 17.9 Å². The van der Waals surface area contributed by atoms with Crippen LogP contribution in [0.1, 0.15) is 50.8 Å². The lowest BCUT2D eigenvalue weighted by molar-refractivity contribution is 0.0196. The summed E-state index contributed by atoms with van der Waals surface area (Å²) in [7, 11) is 0. The number of carbonyl (C=O) groups excluding carboxylic acids is 1. The maximum absolute atomic E-state index is 14.8. The van der Waals surface area contributed by atoms with E-state index in [1.165, 1.54) is 6.07 Å². The molecule has 0 spiro atoms. The van der Waals surface area contributed by atoms with Crippen LogP contribution in [0.5, 0.6) is 0 Å². The second kappa shape index (κ2) is 11.4. The van der Waals surface area contributed by atoms with Gasteiger partial charge in [0.2, 0.25) is 0 Å². The molecule has 0 bridgehead atoms. The van der Waals surface area contributed by atoms with Crippen LogP contribution in [0.4, 0.5) is 9.18 Å². The zero-order chi connectivity index (χ0) is 27.4. The standard InChI is InChI=1S/C32H35FN4O2/c1-32(2,3)39-31(38)37-19-17-25(18-20-37)35-29(24-15-13-23(14-16-24)22-9-5-4-6-10-22)27-21-34-36-30(27)26-11-7-8-12-28(26)33/h4-16,21,25,29,35H,17-20H2,1-3H3,(H,34,36). The molecule has 1 unspecified atom stereocenters. The summed E-state index contributed by atoms with van der Waals surface area (Å²) in [5.41, 5.74) is 4.84. The maximum atomic E-state index is 14.8. The third-order valence-corrected chi connectivity index (χ3v) is 7.02. The average molecular weight is 527 g/mol. The lowest BCUT2D eigenvalue weighted by Crippen LogP contribution is -2.47. The number of likely N-dealkylation sites (tertiary alicyclic amines) is 1. The molecule has 1 amide bonds. The number of nitrogens with zero attached hydrogens (tertiary/aromatic N) is 2. The van der Waals surface area contributed by atoms with Crippen molar-refractivity contribution in [3.63, 3.8) is 0 Å². The van der Waals surface area contributed by atoms with E-state index in [4.69, 9.17) is 4.74 Å². The van der Waals surface area contributed by atoms with Crippen molar-refractivity contribution in [1.82, 2.24) is 20.4 Å². The summed E-state index contributed by atoms with van der Waals surface area (Å²) in [6.45, 7) is 6.86. The van der Waals surface area contributed by atoms with Crippen LogP contribution in [0.25, 0.3) is 22.4 Å². The Morgan fingerprint density at radius 2 is 1.62 bits per heavy atom. The number of H-pyrrole nitrogens is 1. The van der Waals surface area contributed by atoms with E-state index in [9.17, 15) is 9.18 Å². The molecule has 1 saturated heterocycles. The Balaban J connectivity index is 1.41. The van der Waals surface area contributed by atoms with Gasteiger partial charge in [0, 0.05) is 30.3 Å². The van der Waals surface area contributed by atoms with Crippen LogP contribution in [0.15, 0.2) is 85.1 Å². The highest BCUT2D eigenvalue weighted by Gasteiger charge is 2.30. The van der Waals surface area contributed by atoms with Crippen LogP contribution >= 0.6 is 0 Å². The second-order valence-electron chi connectivity index (χ2n) is 11.0. The molecule has 39 heavy (non-hydrogen) atoms. The summed E-state index contributed by atoms with van der Waals surface area (Å²) in [6.07, 6.45) is 3.07. The van der Waals surface area contributed by atoms with Gasteiger partial charge in [-0.05, 0) is 62.4 Å². The number of carbonyl (C=O) groups is 1. The predicted octanol–water partition coefficient (Wildman–Crippen LogP) is 6.96. The fraction of sp³-hybridized carbons (Fsp3) is 0.312. The first kappa shape index (κ1) is 26.6. The molecule has 1 atom stereocenters. The molecule has 4 aromatic rings. The Bertz CT molecular complexity index is 1390. The summed E-state index contributed by atoms with van der Waals surface area (Å²) in [5, 5.41) is 11.2. The molecule has 0 saturated carbocycles. The number of nitrogens with one attached hydrogen (secondary N) is 2. The predicted molar refractivity (Wildman–Crippen MR) is 152 cm³/mol. The van der Waals surface area contributed by atoms with Gasteiger partial charge in [-0.1, -0.05) is 66.7 Å². The Morgan fingerprint density at radius 1 is 0.974 bits per heavy atom. The van der Waals surface area contributed by atoms with Gasteiger partial charge in [0.25, 0.3) is 0 Å². The fourth-order valence-corrected chi connectivity index (χ4v) is 5.05. The molecule has 202 valence electrons. The van der Waals surface area contributed by atoms with Crippen molar-refractivity contribution in [2.45, 2.75) is 51.3 Å². The van der Waals surface area contributed by atoms with Crippen molar-refractivity contribution in [2.24, 2.45) is 0 Å². The largest absolute Gasteiger partial charge is 0.444 e. The van der Waals surface area contributed by atoms with Gasteiger partial charge in [-0.15, -0.1) is 0 Å². The molecule has 3 aromatic carbocycles. The number of aromatic nitrogens is 2. The van der Waals surface area contributed by atoms with Gasteiger partial charge in [-0.25, -0.2) is 9.18 Å². The molecule has 7 heteroatoms.